The number of rotatable bonds is 3. The Morgan fingerprint density at radius 1 is 1.00 bits per heavy atom. The lowest BCUT2D eigenvalue weighted by Crippen LogP contribution is -2.07. The van der Waals surface area contributed by atoms with Gasteiger partial charge in [0.15, 0.2) is 11.4 Å². The highest BCUT2D eigenvalue weighted by Gasteiger charge is 2.22. The summed E-state index contributed by atoms with van der Waals surface area (Å²) in [5.74, 6) is 0. The van der Waals surface area contributed by atoms with E-state index in [9.17, 15) is 9.81 Å². The first-order valence-electron chi connectivity index (χ1n) is 4.63. The predicted octanol–water partition coefficient (Wildman–Crippen LogP) is 0.810. The average Bonchev–Trinajstić information content (AvgIpc) is 2.83. The highest BCUT2D eigenvalue weighted by molar-refractivity contribution is 5.99. The molecule has 0 aliphatic heterocycles. The van der Waals surface area contributed by atoms with Gasteiger partial charge in [0.05, 0.1) is 17.1 Å². The van der Waals surface area contributed by atoms with Crippen molar-refractivity contribution in [1.82, 2.24) is 14.8 Å². The summed E-state index contributed by atoms with van der Waals surface area (Å²) < 4.78 is 1.19. The summed E-state index contributed by atoms with van der Waals surface area (Å²) >= 11 is 0. The molecule has 0 atom stereocenters. The number of nitrogens with zero attached hydrogens (tertiary/aromatic N) is 5. The molecule has 0 fully saturated rings. The third-order valence-electron chi connectivity index (χ3n) is 2.36. The van der Waals surface area contributed by atoms with Crippen molar-refractivity contribution in [1.29, 1.82) is 0 Å². The van der Waals surface area contributed by atoms with Crippen LogP contribution in [0.25, 0.3) is 5.69 Å². The summed E-state index contributed by atoms with van der Waals surface area (Å²) in [7, 11) is 0. The zero-order valence-electron chi connectivity index (χ0n) is 8.94. The number of nitrogens with two attached hydrogens (primary N) is 3. The fourth-order valence-electron chi connectivity index (χ4n) is 1.54. The van der Waals surface area contributed by atoms with Crippen molar-refractivity contribution in [2.45, 2.75) is 0 Å². The Hall–Kier alpha value is -3.04. The SMILES string of the molecule is Nc1c(N=O)c(N)c(-n2cncn2)c(N)c1N=O. The summed E-state index contributed by atoms with van der Waals surface area (Å²) in [5, 5.41) is 9.15. The van der Waals surface area contributed by atoms with Crippen LogP contribution >= 0.6 is 0 Å². The molecule has 0 radical (unpaired) electrons. The van der Waals surface area contributed by atoms with Gasteiger partial charge in [-0.3, -0.25) is 0 Å². The van der Waals surface area contributed by atoms with Crippen LogP contribution in [0.2, 0.25) is 0 Å². The van der Waals surface area contributed by atoms with E-state index >= 15 is 0 Å². The summed E-state index contributed by atoms with van der Waals surface area (Å²) in [6.07, 6.45) is 2.53. The molecule has 2 aromatic rings. The lowest BCUT2D eigenvalue weighted by molar-refractivity contribution is 0.884. The van der Waals surface area contributed by atoms with Gasteiger partial charge in [-0.1, -0.05) is 0 Å². The number of nitroso groups, excluding NO2 is 2. The fraction of sp³-hybridized carbons (Fsp3) is 0. The van der Waals surface area contributed by atoms with Gasteiger partial charge in [0.2, 0.25) is 0 Å². The molecule has 6 N–H and O–H groups in total. The molecule has 0 unspecified atom stereocenters. The Kier molecular flexibility index (Phi) is 2.60. The van der Waals surface area contributed by atoms with E-state index in [1.165, 1.54) is 17.3 Å². The Morgan fingerprint density at radius 2 is 1.56 bits per heavy atom. The van der Waals surface area contributed by atoms with Crippen molar-refractivity contribution in [2.24, 2.45) is 10.4 Å². The monoisotopic (exact) mass is 248 g/mol. The minimum Gasteiger partial charge on any atom is -0.395 e. The van der Waals surface area contributed by atoms with E-state index in [1.54, 1.807) is 0 Å². The van der Waals surface area contributed by atoms with Crippen molar-refractivity contribution >= 4 is 28.4 Å². The lowest BCUT2D eigenvalue weighted by Gasteiger charge is -2.13. The summed E-state index contributed by atoms with van der Waals surface area (Å²) in [6, 6.07) is 0. The van der Waals surface area contributed by atoms with Gasteiger partial charge in [-0.2, -0.15) is 5.10 Å². The van der Waals surface area contributed by atoms with E-state index in [0.717, 1.165) is 0 Å². The maximum Gasteiger partial charge on any atom is 0.158 e. The molecule has 18 heavy (non-hydrogen) atoms. The minimum atomic E-state index is -0.302. The maximum atomic E-state index is 10.7. The number of aromatic nitrogens is 3. The van der Waals surface area contributed by atoms with Gasteiger partial charge in [0.1, 0.15) is 18.3 Å². The molecule has 2 rings (SSSR count). The average molecular weight is 248 g/mol. The molecule has 10 heteroatoms. The number of hydrogen-bond donors (Lipinski definition) is 3. The quantitative estimate of drug-likeness (QED) is 0.533. The first-order chi connectivity index (χ1) is 8.61. The van der Waals surface area contributed by atoms with Crippen LogP contribution in [0.3, 0.4) is 0 Å². The second-order valence-corrected chi connectivity index (χ2v) is 3.31. The second kappa shape index (κ2) is 4.08. The van der Waals surface area contributed by atoms with E-state index in [1.807, 2.05) is 0 Å². The van der Waals surface area contributed by atoms with Gasteiger partial charge in [-0.05, 0) is 10.4 Å². The molecule has 0 saturated heterocycles. The van der Waals surface area contributed by atoms with E-state index < -0.39 is 0 Å². The lowest BCUT2D eigenvalue weighted by atomic mass is 10.1. The summed E-state index contributed by atoms with van der Waals surface area (Å²) in [6.45, 7) is 0. The molecule has 1 aromatic carbocycles. The topological polar surface area (TPSA) is 168 Å². The standard InChI is InChI=1S/C8H8N8O2/c9-3-6(14-17)4(10)8(5(11)7(3)15-18)16-2-12-1-13-16/h1-2H,9-11H2. The van der Waals surface area contributed by atoms with Crippen LogP contribution in [0.5, 0.6) is 0 Å². The third kappa shape index (κ3) is 1.43. The van der Waals surface area contributed by atoms with Gasteiger partial charge >= 0.3 is 0 Å². The van der Waals surface area contributed by atoms with Gasteiger partial charge in [0.25, 0.3) is 0 Å². The van der Waals surface area contributed by atoms with E-state index in [2.05, 4.69) is 20.4 Å². The van der Waals surface area contributed by atoms with Crippen LogP contribution in [0.1, 0.15) is 0 Å². The predicted molar refractivity (Wildman–Crippen MR) is 65.5 cm³/mol. The van der Waals surface area contributed by atoms with E-state index in [0.29, 0.717) is 0 Å². The van der Waals surface area contributed by atoms with Crippen LogP contribution in [-0.4, -0.2) is 14.8 Å². The zero-order chi connectivity index (χ0) is 13.3. The molecule has 0 aliphatic carbocycles. The number of hydrogen-bond acceptors (Lipinski definition) is 9. The maximum absolute atomic E-state index is 10.7. The van der Waals surface area contributed by atoms with Crippen LogP contribution in [0.4, 0.5) is 28.4 Å². The molecular formula is C8H8N8O2. The molecular weight excluding hydrogens is 240 g/mol. The minimum absolute atomic E-state index is 0.0888. The van der Waals surface area contributed by atoms with Crippen LogP contribution in [0, 0.1) is 9.81 Å². The molecule has 1 heterocycles. The van der Waals surface area contributed by atoms with Crippen molar-refractivity contribution < 1.29 is 0 Å². The van der Waals surface area contributed by atoms with Crippen LogP contribution in [-0.2, 0) is 0 Å². The molecule has 0 spiro atoms. The van der Waals surface area contributed by atoms with Gasteiger partial charge in [0, 0.05) is 0 Å². The van der Waals surface area contributed by atoms with Crippen molar-refractivity contribution in [3.63, 3.8) is 0 Å². The second-order valence-electron chi connectivity index (χ2n) is 3.31. The van der Waals surface area contributed by atoms with E-state index in [-0.39, 0.29) is 34.1 Å². The molecule has 0 saturated carbocycles. The van der Waals surface area contributed by atoms with Gasteiger partial charge in [-0.25, -0.2) is 9.67 Å². The zero-order valence-corrected chi connectivity index (χ0v) is 8.94. The van der Waals surface area contributed by atoms with Crippen molar-refractivity contribution in [2.75, 3.05) is 17.2 Å². The Labute approximate surface area is 99.7 Å². The smallest absolute Gasteiger partial charge is 0.158 e. The first-order valence-corrected chi connectivity index (χ1v) is 4.63. The fourth-order valence-corrected chi connectivity index (χ4v) is 1.54. The molecule has 1 aromatic heterocycles. The largest absolute Gasteiger partial charge is 0.395 e. The number of nitrogen functional groups attached to an aromatic ring is 3. The van der Waals surface area contributed by atoms with Crippen molar-refractivity contribution in [3.05, 3.63) is 22.5 Å². The van der Waals surface area contributed by atoms with Gasteiger partial charge < -0.3 is 17.2 Å². The van der Waals surface area contributed by atoms with Crippen molar-refractivity contribution in [3.8, 4) is 5.69 Å². The molecule has 92 valence electrons. The number of anilines is 3. The van der Waals surface area contributed by atoms with Gasteiger partial charge in [-0.15, -0.1) is 9.81 Å². The molecule has 10 nitrogen and oxygen atoms in total. The molecule has 0 aliphatic rings. The summed E-state index contributed by atoms with van der Waals surface area (Å²) in [5.41, 5.74) is 16.0. The van der Waals surface area contributed by atoms with Crippen LogP contribution < -0.4 is 17.2 Å². The molecule has 0 amide bonds. The Morgan fingerprint density at radius 3 is 1.94 bits per heavy atom. The molecule has 0 bridgehead atoms. The highest BCUT2D eigenvalue weighted by atomic mass is 16.3. The number of benzene rings is 1. The third-order valence-corrected chi connectivity index (χ3v) is 2.36. The highest BCUT2D eigenvalue weighted by Crippen LogP contribution is 2.46. The Bertz CT molecular complexity index is 586. The first kappa shape index (κ1) is 11.4. The van der Waals surface area contributed by atoms with Crippen LogP contribution in [0.15, 0.2) is 23.0 Å². The Balaban J connectivity index is 2.89. The normalized spacial score (nSPS) is 10.2. The van der Waals surface area contributed by atoms with E-state index in [4.69, 9.17) is 17.2 Å². The summed E-state index contributed by atoms with van der Waals surface area (Å²) in [4.78, 5) is 25.1.